The van der Waals surface area contributed by atoms with Crippen LogP contribution in [0.15, 0.2) is 24.7 Å². The van der Waals surface area contributed by atoms with E-state index in [9.17, 15) is 0 Å². The third-order valence-corrected chi connectivity index (χ3v) is 3.73. The molecule has 2 aromatic heterocycles. The van der Waals surface area contributed by atoms with Gasteiger partial charge in [0, 0.05) is 30.2 Å². The van der Waals surface area contributed by atoms with Gasteiger partial charge in [-0.05, 0) is 38.9 Å². The Morgan fingerprint density at radius 1 is 1.26 bits per heavy atom. The Hall–Kier alpha value is -1.75. The second-order valence-corrected chi connectivity index (χ2v) is 5.12. The largest absolute Gasteiger partial charge is 0.348 e. The summed E-state index contributed by atoms with van der Waals surface area (Å²) in [5.41, 5.74) is 1.20. The van der Waals surface area contributed by atoms with Gasteiger partial charge in [-0.1, -0.05) is 0 Å². The third-order valence-electron chi connectivity index (χ3n) is 3.73. The maximum Gasteiger partial charge on any atom is 0.125 e. The first-order valence-electron chi connectivity index (χ1n) is 6.81. The van der Waals surface area contributed by atoms with Crippen molar-refractivity contribution in [3.05, 3.63) is 42.0 Å². The van der Waals surface area contributed by atoms with E-state index in [1.807, 2.05) is 25.5 Å². The molecule has 0 aliphatic carbocycles. The van der Waals surface area contributed by atoms with Crippen LogP contribution < -0.4 is 0 Å². The normalized spacial score (nSPS) is 17.7. The van der Waals surface area contributed by atoms with Gasteiger partial charge in [-0.15, -0.1) is 0 Å². The molecule has 1 saturated heterocycles. The van der Waals surface area contributed by atoms with Crippen LogP contribution in [-0.4, -0.2) is 37.9 Å². The maximum absolute atomic E-state index is 4.55. The quantitative estimate of drug-likeness (QED) is 0.912. The minimum Gasteiger partial charge on any atom is -0.348 e. The highest BCUT2D eigenvalue weighted by atomic mass is 15.2. The Morgan fingerprint density at radius 3 is 2.79 bits per heavy atom. The summed E-state index contributed by atoms with van der Waals surface area (Å²) >= 11 is 0. The number of nitrogens with zero attached hydrogens (tertiary/aromatic N) is 4. The molecule has 0 saturated carbocycles. The standard InChI is InChI=1S/C14H19N5/c1-11-15-5-2-13(18-11)12-3-8-19(9-4-12)10-14-16-6-7-17-14/h2,5-7,12H,3-4,8-10H2,1H3,(H,16,17). The minimum absolute atomic E-state index is 0.578. The monoisotopic (exact) mass is 257 g/mol. The van der Waals surface area contributed by atoms with Crippen LogP contribution in [0.4, 0.5) is 0 Å². The summed E-state index contributed by atoms with van der Waals surface area (Å²) in [6.45, 7) is 5.08. The first-order chi connectivity index (χ1) is 9.31. The molecule has 0 aromatic carbocycles. The molecule has 1 aliphatic rings. The number of aromatic amines is 1. The lowest BCUT2D eigenvalue weighted by Crippen LogP contribution is -2.33. The van der Waals surface area contributed by atoms with E-state index in [2.05, 4.69) is 30.9 Å². The van der Waals surface area contributed by atoms with E-state index >= 15 is 0 Å². The number of rotatable bonds is 3. The fourth-order valence-corrected chi connectivity index (χ4v) is 2.68. The second-order valence-electron chi connectivity index (χ2n) is 5.12. The minimum atomic E-state index is 0.578. The first kappa shape index (κ1) is 12.3. The zero-order chi connectivity index (χ0) is 13.1. The van der Waals surface area contributed by atoms with E-state index in [0.29, 0.717) is 5.92 Å². The van der Waals surface area contributed by atoms with Crippen molar-refractivity contribution in [3.8, 4) is 0 Å². The number of imidazole rings is 1. The summed E-state index contributed by atoms with van der Waals surface area (Å²) in [4.78, 5) is 18.6. The van der Waals surface area contributed by atoms with Crippen molar-refractivity contribution in [2.45, 2.75) is 32.2 Å². The summed E-state index contributed by atoms with van der Waals surface area (Å²) in [5.74, 6) is 2.50. The number of likely N-dealkylation sites (tertiary alicyclic amines) is 1. The van der Waals surface area contributed by atoms with Gasteiger partial charge in [0.2, 0.25) is 0 Å². The van der Waals surface area contributed by atoms with Crippen LogP contribution in [-0.2, 0) is 6.54 Å². The zero-order valence-corrected chi connectivity index (χ0v) is 11.2. The van der Waals surface area contributed by atoms with E-state index in [-0.39, 0.29) is 0 Å². The number of hydrogen-bond donors (Lipinski definition) is 1. The topological polar surface area (TPSA) is 57.7 Å². The average Bonchev–Trinajstić information content (AvgIpc) is 2.92. The van der Waals surface area contributed by atoms with E-state index in [4.69, 9.17) is 0 Å². The molecule has 0 amide bonds. The number of aryl methyl sites for hydroxylation is 1. The molecule has 0 spiro atoms. The van der Waals surface area contributed by atoms with Gasteiger partial charge in [0.15, 0.2) is 0 Å². The number of aromatic nitrogens is 4. The molecule has 1 aliphatic heterocycles. The summed E-state index contributed by atoms with van der Waals surface area (Å²) in [6.07, 6.45) is 7.89. The molecule has 19 heavy (non-hydrogen) atoms. The Balaban J connectivity index is 1.57. The van der Waals surface area contributed by atoms with Crippen LogP contribution in [0.5, 0.6) is 0 Å². The number of hydrogen-bond acceptors (Lipinski definition) is 4. The van der Waals surface area contributed by atoms with Crippen LogP contribution in [0.25, 0.3) is 0 Å². The molecular formula is C14H19N5. The Bertz CT molecular complexity index is 514. The molecule has 0 unspecified atom stereocenters. The number of nitrogens with one attached hydrogen (secondary N) is 1. The summed E-state index contributed by atoms with van der Waals surface area (Å²) < 4.78 is 0. The molecular weight excluding hydrogens is 238 g/mol. The first-order valence-corrected chi connectivity index (χ1v) is 6.81. The van der Waals surface area contributed by atoms with Gasteiger partial charge in [0.1, 0.15) is 11.6 Å². The van der Waals surface area contributed by atoms with Gasteiger partial charge in [0.25, 0.3) is 0 Å². The smallest absolute Gasteiger partial charge is 0.125 e. The highest BCUT2D eigenvalue weighted by Crippen LogP contribution is 2.26. The Labute approximate surface area is 113 Å². The number of piperidine rings is 1. The lowest BCUT2D eigenvalue weighted by Gasteiger charge is -2.31. The fourth-order valence-electron chi connectivity index (χ4n) is 2.68. The van der Waals surface area contributed by atoms with Crippen molar-refractivity contribution < 1.29 is 0 Å². The number of H-pyrrole nitrogens is 1. The molecule has 100 valence electrons. The molecule has 5 heteroatoms. The molecule has 3 heterocycles. The molecule has 5 nitrogen and oxygen atoms in total. The highest BCUT2D eigenvalue weighted by Gasteiger charge is 2.22. The van der Waals surface area contributed by atoms with Crippen molar-refractivity contribution in [3.63, 3.8) is 0 Å². The van der Waals surface area contributed by atoms with Crippen LogP contribution >= 0.6 is 0 Å². The van der Waals surface area contributed by atoms with E-state index < -0.39 is 0 Å². The van der Waals surface area contributed by atoms with E-state index in [0.717, 1.165) is 44.1 Å². The molecule has 3 rings (SSSR count). The average molecular weight is 257 g/mol. The second kappa shape index (κ2) is 5.48. The molecule has 1 fully saturated rings. The SMILES string of the molecule is Cc1nccc(C2CCN(Cc3ncc[nH]3)CC2)n1. The summed E-state index contributed by atoms with van der Waals surface area (Å²) in [6, 6.07) is 2.06. The van der Waals surface area contributed by atoms with Crippen molar-refractivity contribution in [1.82, 2.24) is 24.8 Å². The van der Waals surface area contributed by atoms with Gasteiger partial charge in [0.05, 0.1) is 6.54 Å². The summed E-state index contributed by atoms with van der Waals surface area (Å²) in [7, 11) is 0. The molecule has 2 aromatic rings. The Kier molecular flexibility index (Phi) is 3.55. The predicted molar refractivity (Wildman–Crippen MR) is 72.6 cm³/mol. The lowest BCUT2D eigenvalue weighted by molar-refractivity contribution is 0.199. The molecule has 0 bridgehead atoms. The van der Waals surface area contributed by atoms with E-state index in [1.54, 1.807) is 0 Å². The molecule has 1 N–H and O–H groups in total. The maximum atomic E-state index is 4.55. The van der Waals surface area contributed by atoms with Gasteiger partial charge < -0.3 is 4.98 Å². The van der Waals surface area contributed by atoms with Crippen molar-refractivity contribution in [1.29, 1.82) is 0 Å². The van der Waals surface area contributed by atoms with Gasteiger partial charge in [-0.25, -0.2) is 15.0 Å². The third kappa shape index (κ3) is 2.98. The van der Waals surface area contributed by atoms with Gasteiger partial charge in [-0.2, -0.15) is 0 Å². The van der Waals surface area contributed by atoms with Crippen LogP contribution in [0.1, 0.15) is 36.1 Å². The molecule has 0 radical (unpaired) electrons. The van der Waals surface area contributed by atoms with Crippen LogP contribution in [0, 0.1) is 6.92 Å². The van der Waals surface area contributed by atoms with Gasteiger partial charge in [-0.3, -0.25) is 4.90 Å². The fraction of sp³-hybridized carbons (Fsp3) is 0.500. The van der Waals surface area contributed by atoms with Crippen LogP contribution in [0.2, 0.25) is 0 Å². The van der Waals surface area contributed by atoms with Crippen molar-refractivity contribution >= 4 is 0 Å². The Morgan fingerprint density at radius 2 is 2.11 bits per heavy atom. The molecule has 0 atom stereocenters. The van der Waals surface area contributed by atoms with Crippen molar-refractivity contribution in [2.24, 2.45) is 0 Å². The predicted octanol–water partition coefficient (Wildman–Crippen LogP) is 1.89. The van der Waals surface area contributed by atoms with Crippen molar-refractivity contribution in [2.75, 3.05) is 13.1 Å². The highest BCUT2D eigenvalue weighted by molar-refractivity contribution is 5.09. The van der Waals surface area contributed by atoms with Crippen LogP contribution in [0.3, 0.4) is 0 Å². The zero-order valence-electron chi connectivity index (χ0n) is 11.2. The summed E-state index contributed by atoms with van der Waals surface area (Å²) in [5, 5.41) is 0. The lowest BCUT2D eigenvalue weighted by atomic mass is 9.93. The van der Waals surface area contributed by atoms with Gasteiger partial charge >= 0.3 is 0 Å². The van der Waals surface area contributed by atoms with E-state index in [1.165, 1.54) is 5.69 Å².